The Hall–Kier alpha value is -0.650. The fraction of sp³-hybridized carbons (Fsp3) is 0.889. The number of nitrogens with zero attached hydrogens (tertiary/aromatic N) is 1. The summed E-state index contributed by atoms with van der Waals surface area (Å²) >= 11 is 0. The van der Waals surface area contributed by atoms with Gasteiger partial charge in [-0.1, -0.05) is 13.8 Å². The average molecular weight is 203 g/mol. The van der Waals surface area contributed by atoms with E-state index in [0.717, 1.165) is 0 Å². The van der Waals surface area contributed by atoms with Gasteiger partial charge in [-0.2, -0.15) is 0 Å². The largest absolute Gasteiger partial charge is 0.395 e. The lowest BCUT2D eigenvalue weighted by atomic mass is 9.75. The minimum Gasteiger partial charge on any atom is -0.395 e. The minimum atomic E-state index is -0.859. The highest BCUT2D eigenvalue weighted by atomic mass is 16.3. The van der Waals surface area contributed by atoms with E-state index in [-0.39, 0.29) is 19.2 Å². The Morgan fingerprint density at radius 1 is 1.50 bits per heavy atom. The van der Waals surface area contributed by atoms with Crippen LogP contribution in [-0.2, 0) is 4.79 Å². The SMILES string of the molecule is CC1(C)CN(CO)C(=O)C(CO)C1O. The zero-order valence-corrected chi connectivity index (χ0v) is 8.47. The quantitative estimate of drug-likeness (QED) is 0.525. The van der Waals surface area contributed by atoms with Gasteiger partial charge in [0, 0.05) is 12.0 Å². The topological polar surface area (TPSA) is 81.0 Å². The van der Waals surface area contributed by atoms with Crippen LogP contribution in [0.25, 0.3) is 0 Å². The van der Waals surface area contributed by atoms with Crippen LogP contribution in [0.2, 0.25) is 0 Å². The van der Waals surface area contributed by atoms with Crippen molar-refractivity contribution >= 4 is 5.91 Å². The summed E-state index contributed by atoms with van der Waals surface area (Å²) in [6, 6.07) is 0. The first-order chi connectivity index (χ1) is 6.44. The first kappa shape index (κ1) is 11.4. The lowest BCUT2D eigenvalue weighted by Crippen LogP contribution is -2.58. The second kappa shape index (κ2) is 3.84. The number of amides is 1. The summed E-state index contributed by atoms with van der Waals surface area (Å²) in [5.74, 6) is -1.20. The zero-order chi connectivity index (χ0) is 10.9. The summed E-state index contributed by atoms with van der Waals surface area (Å²) in [6.07, 6.45) is -0.859. The summed E-state index contributed by atoms with van der Waals surface area (Å²) in [5, 5.41) is 27.7. The number of likely N-dealkylation sites (tertiary alicyclic amines) is 1. The molecule has 1 saturated heterocycles. The monoisotopic (exact) mass is 203 g/mol. The van der Waals surface area contributed by atoms with Crippen molar-refractivity contribution < 1.29 is 20.1 Å². The number of aliphatic hydroxyl groups is 3. The van der Waals surface area contributed by atoms with Crippen LogP contribution in [0.3, 0.4) is 0 Å². The van der Waals surface area contributed by atoms with Crippen molar-refractivity contribution in [3.8, 4) is 0 Å². The summed E-state index contributed by atoms with van der Waals surface area (Å²) < 4.78 is 0. The summed E-state index contributed by atoms with van der Waals surface area (Å²) in [5.41, 5.74) is -0.496. The molecule has 0 spiro atoms. The van der Waals surface area contributed by atoms with Crippen molar-refractivity contribution in [2.75, 3.05) is 19.9 Å². The maximum Gasteiger partial charge on any atom is 0.232 e. The van der Waals surface area contributed by atoms with E-state index in [4.69, 9.17) is 10.2 Å². The standard InChI is InChI=1S/C9H17NO4/c1-9(2)4-10(5-12)8(14)6(3-11)7(9)13/h6-7,11-13H,3-5H2,1-2H3. The average Bonchev–Trinajstić information content (AvgIpc) is 2.13. The second-order valence-corrected chi connectivity index (χ2v) is 4.40. The molecule has 14 heavy (non-hydrogen) atoms. The first-order valence-corrected chi connectivity index (χ1v) is 4.62. The molecule has 1 aliphatic rings. The molecule has 0 aromatic rings. The molecule has 5 heteroatoms. The Labute approximate surface area is 83.0 Å². The summed E-state index contributed by atoms with van der Waals surface area (Å²) in [6.45, 7) is 3.15. The molecule has 5 nitrogen and oxygen atoms in total. The highest BCUT2D eigenvalue weighted by Crippen LogP contribution is 2.32. The molecule has 1 aliphatic heterocycles. The highest BCUT2D eigenvalue weighted by molar-refractivity contribution is 5.80. The lowest BCUT2D eigenvalue weighted by Gasteiger charge is -2.44. The fourth-order valence-corrected chi connectivity index (χ4v) is 1.88. The second-order valence-electron chi connectivity index (χ2n) is 4.40. The fourth-order valence-electron chi connectivity index (χ4n) is 1.88. The summed E-state index contributed by atoms with van der Waals surface area (Å²) in [7, 11) is 0. The van der Waals surface area contributed by atoms with Gasteiger partial charge in [-0.3, -0.25) is 4.79 Å². The van der Waals surface area contributed by atoms with Gasteiger partial charge in [-0.15, -0.1) is 0 Å². The molecule has 1 rings (SSSR count). The third-order valence-corrected chi connectivity index (χ3v) is 2.78. The minimum absolute atomic E-state index is 0.306. The van der Waals surface area contributed by atoms with E-state index in [0.29, 0.717) is 6.54 Å². The number of piperidine rings is 1. The Balaban J connectivity index is 2.89. The van der Waals surface area contributed by atoms with Crippen molar-refractivity contribution in [2.45, 2.75) is 20.0 Å². The van der Waals surface area contributed by atoms with E-state index in [9.17, 15) is 9.90 Å². The van der Waals surface area contributed by atoms with Gasteiger partial charge in [0.15, 0.2) is 0 Å². The van der Waals surface area contributed by atoms with E-state index in [2.05, 4.69) is 0 Å². The molecule has 2 atom stereocenters. The third kappa shape index (κ3) is 1.75. The number of rotatable bonds is 2. The highest BCUT2D eigenvalue weighted by Gasteiger charge is 2.45. The smallest absolute Gasteiger partial charge is 0.232 e. The van der Waals surface area contributed by atoms with Gasteiger partial charge >= 0.3 is 0 Å². The first-order valence-electron chi connectivity index (χ1n) is 4.62. The van der Waals surface area contributed by atoms with Crippen molar-refractivity contribution in [2.24, 2.45) is 11.3 Å². The van der Waals surface area contributed by atoms with Crippen LogP contribution < -0.4 is 0 Å². The maximum atomic E-state index is 11.5. The molecule has 0 aliphatic carbocycles. The molecular formula is C9H17NO4. The van der Waals surface area contributed by atoms with Crippen LogP contribution in [0.4, 0.5) is 0 Å². The van der Waals surface area contributed by atoms with Gasteiger partial charge in [-0.25, -0.2) is 0 Å². The van der Waals surface area contributed by atoms with E-state index in [1.807, 2.05) is 0 Å². The maximum absolute atomic E-state index is 11.5. The van der Waals surface area contributed by atoms with Gasteiger partial charge in [0.2, 0.25) is 5.91 Å². The lowest BCUT2D eigenvalue weighted by molar-refractivity contribution is -0.164. The van der Waals surface area contributed by atoms with Gasteiger partial charge in [0.1, 0.15) is 6.73 Å². The zero-order valence-electron chi connectivity index (χ0n) is 8.47. The van der Waals surface area contributed by atoms with E-state index < -0.39 is 17.4 Å². The molecule has 1 fully saturated rings. The van der Waals surface area contributed by atoms with Crippen LogP contribution >= 0.6 is 0 Å². The molecule has 3 N–H and O–H groups in total. The Morgan fingerprint density at radius 2 is 2.07 bits per heavy atom. The predicted molar refractivity (Wildman–Crippen MR) is 49.2 cm³/mol. The molecule has 0 bridgehead atoms. The normalized spacial score (nSPS) is 32.1. The molecular weight excluding hydrogens is 186 g/mol. The van der Waals surface area contributed by atoms with E-state index in [1.54, 1.807) is 13.8 Å². The molecule has 0 aromatic heterocycles. The Morgan fingerprint density at radius 3 is 2.50 bits per heavy atom. The molecule has 0 saturated carbocycles. The van der Waals surface area contributed by atoms with Crippen molar-refractivity contribution in [1.29, 1.82) is 0 Å². The van der Waals surface area contributed by atoms with Crippen LogP contribution in [0.5, 0.6) is 0 Å². The summed E-state index contributed by atoms with van der Waals surface area (Å²) in [4.78, 5) is 12.8. The van der Waals surface area contributed by atoms with Crippen molar-refractivity contribution in [1.82, 2.24) is 4.90 Å². The third-order valence-electron chi connectivity index (χ3n) is 2.78. The van der Waals surface area contributed by atoms with Crippen LogP contribution in [-0.4, -0.2) is 52.1 Å². The molecule has 1 amide bonds. The van der Waals surface area contributed by atoms with Crippen LogP contribution in [0.15, 0.2) is 0 Å². The Kier molecular flexibility index (Phi) is 3.14. The van der Waals surface area contributed by atoms with E-state index in [1.165, 1.54) is 4.90 Å². The Bertz CT molecular complexity index is 229. The number of aliphatic hydroxyl groups excluding tert-OH is 3. The molecule has 82 valence electrons. The molecule has 1 heterocycles. The van der Waals surface area contributed by atoms with E-state index >= 15 is 0 Å². The van der Waals surface area contributed by atoms with Crippen molar-refractivity contribution in [3.63, 3.8) is 0 Å². The van der Waals surface area contributed by atoms with Crippen LogP contribution in [0, 0.1) is 11.3 Å². The van der Waals surface area contributed by atoms with Gasteiger partial charge in [0.25, 0.3) is 0 Å². The molecule has 0 aromatic carbocycles. The van der Waals surface area contributed by atoms with Gasteiger partial charge in [-0.05, 0) is 0 Å². The predicted octanol–water partition coefficient (Wildman–Crippen LogP) is -1.23. The van der Waals surface area contributed by atoms with Crippen LogP contribution in [0.1, 0.15) is 13.8 Å². The molecule has 0 radical (unpaired) electrons. The van der Waals surface area contributed by atoms with Gasteiger partial charge < -0.3 is 20.2 Å². The number of carbonyl (C=O) groups is 1. The number of hydrogen-bond acceptors (Lipinski definition) is 4. The molecule has 2 unspecified atom stereocenters. The number of hydrogen-bond donors (Lipinski definition) is 3. The van der Waals surface area contributed by atoms with Gasteiger partial charge in [0.05, 0.1) is 18.6 Å². The van der Waals surface area contributed by atoms with Crippen molar-refractivity contribution in [3.05, 3.63) is 0 Å². The number of carbonyl (C=O) groups excluding carboxylic acids is 1.